The number of ether oxygens (including phenoxy) is 1. The molecular formula is C22H25NO. The van der Waals surface area contributed by atoms with E-state index >= 15 is 0 Å². The van der Waals surface area contributed by atoms with Gasteiger partial charge < -0.3 is 9.64 Å². The van der Waals surface area contributed by atoms with Gasteiger partial charge in [-0.05, 0) is 29.9 Å². The van der Waals surface area contributed by atoms with Gasteiger partial charge in [-0.3, -0.25) is 0 Å². The van der Waals surface area contributed by atoms with Crippen LogP contribution in [0.5, 0.6) is 0 Å². The van der Waals surface area contributed by atoms with E-state index in [4.69, 9.17) is 4.74 Å². The summed E-state index contributed by atoms with van der Waals surface area (Å²) >= 11 is 0. The van der Waals surface area contributed by atoms with Crippen LogP contribution in [0, 0.1) is 0 Å². The van der Waals surface area contributed by atoms with Crippen LogP contribution in [0.3, 0.4) is 0 Å². The lowest BCUT2D eigenvalue weighted by Crippen LogP contribution is -2.37. The van der Waals surface area contributed by atoms with E-state index in [1.54, 1.807) is 0 Å². The van der Waals surface area contributed by atoms with Crippen LogP contribution in [0.4, 0.5) is 0 Å². The maximum atomic E-state index is 5.54. The largest absolute Gasteiger partial charge is 0.378 e. The van der Waals surface area contributed by atoms with Gasteiger partial charge in [0.1, 0.15) is 0 Å². The molecule has 1 aliphatic heterocycles. The van der Waals surface area contributed by atoms with E-state index in [0.29, 0.717) is 11.8 Å². The number of hydrogen-bond donors (Lipinski definition) is 0. The zero-order valence-corrected chi connectivity index (χ0v) is 14.1. The van der Waals surface area contributed by atoms with Crippen molar-refractivity contribution in [3.8, 4) is 0 Å². The van der Waals surface area contributed by atoms with Gasteiger partial charge in [0.15, 0.2) is 0 Å². The molecule has 124 valence electrons. The van der Waals surface area contributed by atoms with E-state index in [2.05, 4.69) is 71.6 Å². The zero-order valence-electron chi connectivity index (χ0n) is 14.1. The van der Waals surface area contributed by atoms with Crippen molar-refractivity contribution in [2.24, 2.45) is 0 Å². The molecule has 1 aliphatic carbocycles. The van der Waals surface area contributed by atoms with Crippen LogP contribution in [0.25, 0.3) is 0 Å². The molecule has 2 nitrogen and oxygen atoms in total. The molecule has 24 heavy (non-hydrogen) atoms. The smallest absolute Gasteiger partial charge is 0.0642 e. The third kappa shape index (κ3) is 3.39. The van der Waals surface area contributed by atoms with Crippen molar-refractivity contribution < 1.29 is 4.74 Å². The number of nitrogens with zero attached hydrogens (tertiary/aromatic N) is 1. The van der Waals surface area contributed by atoms with Gasteiger partial charge >= 0.3 is 0 Å². The van der Waals surface area contributed by atoms with E-state index < -0.39 is 0 Å². The summed E-state index contributed by atoms with van der Waals surface area (Å²) in [5, 5.41) is 0. The highest BCUT2D eigenvalue weighted by molar-refractivity contribution is 5.32. The fourth-order valence-electron chi connectivity index (χ4n) is 4.01. The van der Waals surface area contributed by atoms with Crippen molar-refractivity contribution in [1.29, 1.82) is 0 Å². The molecule has 0 aromatic heterocycles. The first kappa shape index (κ1) is 15.5. The first-order chi connectivity index (χ1) is 11.9. The summed E-state index contributed by atoms with van der Waals surface area (Å²) in [7, 11) is 0. The van der Waals surface area contributed by atoms with Crippen LogP contribution in [0.15, 0.2) is 72.4 Å². The summed E-state index contributed by atoms with van der Waals surface area (Å²) in [6.45, 7) is 3.75. The minimum atomic E-state index is 0.503. The van der Waals surface area contributed by atoms with Crippen molar-refractivity contribution in [2.45, 2.75) is 24.7 Å². The van der Waals surface area contributed by atoms with Crippen LogP contribution >= 0.6 is 0 Å². The monoisotopic (exact) mass is 319 g/mol. The van der Waals surface area contributed by atoms with Crippen LogP contribution in [-0.4, -0.2) is 31.2 Å². The first-order valence-corrected chi connectivity index (χ1v) is 9.03. The summed E-state index contributed by atoms with van der Waals surface area (Å²) < 4.78 is 5.54. The number of rotatable bonds is 3. The Morgan fingerprint density at radius 1 is 0.792 bits per heavy atom. The lowest BCUT2D eigenvalue weighted by atomic mass is 9.77. The number of allylic oxidation sites excluding steroid dienone is 2. The minimum Gasteiger partial charge on any atom is -0.378 e. The molecule has 2 aromatic carbocycles. The summed E-state index contributed by atoms with van der Waals surface area (Å²) in [6.07, 6.45) is 4.86. The lowest BCUT2D eigenvalue weighted by Gasteiger charge is -2.37. The molecule has 0 saturated carbocycles. The molecule has 1 heterocycles. The Bertz CT molecular complexity index is 674. The second-order valence-corrected chi connectivity index (χ2v) is 6.82. The van der Waals surface area contributed by atoms with Crippen LogP contribution < -0.4 is 0 Å². The SMILES string of the molecule is C1=C(N2CCOCC2)CC(c2ccccc2)CC1c1ccccc1. The van der Waals surface area contributed by atoms with Crippen molar-refractivity contribution in [2.75, 3.05) is 26.3 Å². The normalized spacial score (nSPS) is 24.5. The van der Waals surface area contributed by atoms with Gasteiger partial charge in [-0.2, -0.15) is 0 Å². The predicted octanol–water partition coefficient (Wildman–Crippen LogP) is 4.56. The van der Waals surface area contributed by atoms with Gasteiger partial charge in [0.2, 0.25) is 0 Å². The molecule has 0 bridgehead atoms. The van der Waals surface area contributed by atoms with Crippen molar-refractivity contribution in [3.63, 3.8) is 0 Å². The van der Waals surface area contributed by atoms with Crippen molar-refractivity contribution in [1.82, 2.24) is 4.90 Å². The van der Waals surface area contributed by atoms with Gasteiger partial charge in [0.25, 0.3) is 0 Å². The van der Waals surface area contributed by atoms with Gasteiger partial charge in [-0.15, -0.1) is 0 Å². The molecule has 1 fully saturated rings. The third-order valence-electron chi connectivity index (χ3n) is 5.30. The van der Waals surface area contributed by atoms with Crippen molar-refractivity contribution in [3.05, 3.63) is 83.6 Å². The molecule has 4 rings (SSSR count). The van der Waals surface area contributed by atoms with E-state index in [-0.39, 0.29) is 0 Å². The lowest BCUT2D eigenvalue weighted by molar-refractivity contribution is 0.0505. The van der Waals surface area contributed by atoms with Gasteiger partial charge in [0.05, 0.1) is 13.2 Å². The average Bonchev–Trinajstić information content (AvgIpc) is 2.70. The highest BCUT2D eigenvalue weighted by Gasteiger charge is 2.27. The first-order valence-electron chi connectivity index (χ1n) is 9.03. The highest BCUT2D eigenvalue weighted by Crippen LogP contribution is 2.41. The fraction of sp³-hybridized carbons (Fsp3) is 0.364. The molecule has 0 N–H and O–H groups in total. The van der Waals surface area contributed by atoms with Gasteiger partial charge in [-0.25, -0.2) is 0 Å². The third-order valence-corrected chi connectivity index (χ3v) is 5.30. The second kappa shape index (κ2) is 7.23. The summed E-state index contributed by atoms with van der Waals surface area (Å²) in [6, 6.07) is 22.0. The standard InChI is InChI=1S/C22H25NO/c1-3-7-18(8-4-1)20-15-21(19-9-5-2-6-10-19)17-22(16-20)23-11-13-24-14-12-23/h1-10,16,20-21H,11-15,17H2. The quantitative estimate of drug-likeness (QED) is 0.822. The van der Waals surface area contributed by atoms with E-state index in [9.17, 15) is 0 Å². The Balaban J connectivity index is 1.64. The highest BCUT2D eigenvalue weighted by atomic mass is 16.5. The van der Waals surface area contributed by atoms with E-state index in [1.165, 1.54) is 23.2 Å². The zero-order chi connectivity index (χ0) is 16.2. The molecule has 0 spiro atoms. The van der Waals surface area contributed by atoms with E-state index in [0.717, 1.165) is 32.7 Å². The van der Waals surface area contributed by atoms with Crippen LogP contribution in [0.2, 0.25) is 0 Å². The molecule has 1 saturated heterocycles. The van der Waals surface area contributed by atoms with Crippen LogP contribution in [0.1, 0.15) is 35.8 Å². The molecule has 2 unspecified atom stereocenters. The molecule has 2 aromatic rings. The molecular weight excluding hydrogens is 294 g/mol. The summed E-state index contributed by atoms with van der Waals surface area (Å²) in [4.78, 5) is 2.54. The molecule has 2 aliphatic rings. The Morgan fingerprint density at radius 2 is 1.42 bits per heavy atom. The Labute approximate surface area is 144 Å². The maximum absolute atomic E-state index is 5.54. The topological polar surface area (TPSA) is 12.5 Å². The Morgan fingerprint density at radius 3 is 2.08 bits per heavy atom. The van der Waals surface area contributed by atoms with E-state index in [1.807, 2.05) is 0 Å². The average molecular weight is 319 g/mol. The van der Waals surface area contributed by atoms with Crippen LogP contribution in [-0.2, 0) is 4.74 Å². The molecule has 2 atom stereocenters. The summed E-state index contributed by atoms with van der Waals surface area (Å²) in [5.41, 5.74) is 4.41. The molecule has 0 radical (unpaired) electrons. The molecule has 2 heteroatoms. The second-order valence-electron chi connectivity index (χ2n) is 6.82. The predicted molar refractivity (Wildman–Crippen MR) is 98.1 cm³/mol. The minimum absolute atomic E-state index is 0.503. The van der Waals surface area contributed by atoms with Gasteiger partial charge in [0, 0.05) is 24.7 Å². The van der Waals surface area contributed by atoms with Crippen molar-refractivity contribution >= 4 is 0 Å². The number of morpholine rings is 1. The number of hydrogen-bond acceptors (Lipinski definition) is 2. The summed E-state index contributed by atoms with van der Waals surface area (Å²) in [5.74, 6) is 1.10. The molecule has 0 amide bonds. The van der Waals surface area contributed by atoms with Gasteiger partial charge in [-0.1, -0.05) is 66.7 Å². The number of benzene rings is 2. The maximum Gasteiger partial charge on any atom is 0.0642 e. The fourth-order valence-corrected chi connectivity index (χ4v) is 4.01. The Kier molecular flexibility index (Phi) is 4.66. The Hall–Kier alpha value is -2.06.